The molecule has 8 heteroatoms. The van der Waals surface area contributed by atoms with Gasteiger partial charge in [-0.3, -0.25) is 13.9 Å². The van der Waals surface area contributed by atoms with Crippen molar-refractivity contribution in [2.75, 3.05) is 18.6 Å². The second kappa shape index (κ2) is 5.91. The van der Waals surface area contributed by atoms with Crippen LogP contribution in [0.15, 0.2) is 46.5 Å². The lowest BCUT2D eigenvalue weighted by Gasteiger charge is -2.16. The molecule has 3 aromatic rings. The van der Waals surface area contributed by atoms with E-state index in [0.29, 0.717) is 30.2 Å². The Balaban J connectivity index is 1.91. The molecule has 0 amide bonds. The SMILES string of the molecule is C=CCn1c(=O)c2c(nc3n2CCN3c2ccc(OC)cc2)n(C)c1=O. The molecule has 26 heavy (non-hydrogen) atoms. The van der Waals surface area contributed by atoms with Gasteiger partial charge in [0.1, 0.15) is 5.75 Å². The lowest BCUT2D eigenvalue weighted by molar-refractivity contribution is 0.415. The molecule has 1 aromatic carbocycles. The molecule has 0 aliphatic carbocycles. The first-order valence-electron chi connectivity index (χ1n) is 8.29. The van der Waals surface area contributed by atoms with E-state index in [9.17, 15) is 9.59 Å². The second-order valence-corrected chi connectivity index (χ2v) is 6.13. The summed E-state index contributed by atoms with van der Waals surface area (Å²) in [6, 6.07) is 7.66. The molecule has 8 nitrogen and oxygen atoms in total. The van der Waals surface area contributed by atoms with Crippen LogP contribution >= 0.6 is 0 Å². The molecule has 0 saturated heterocycles. The van der Waals surface area contributed by atoms with Gasteiger partial charge in [0.05, 0.1) is 7.11 Å². The van der Waals surface area contributed by atoms with Crippen LogP contribution in [0.4, 0.5) is 11.6 Å². The molecule has 134 valence electrons. The molecular formula is C18H19N5O3. The predicted octanol–water partition coefficient (Wildman–Crippen LogP) is 1.24. The molecule has 0 fully saturated rings. The van der Waals surface area contributed by atoms with Crippen LogP contribution in [0, 0.1) is 0 Å². The lowest BCUT2D eigenvalue weighted by atomic mass is 10.3. The maximum atomic E-state index is 12.8. The van der Waals surface area contributed by atoms with Gasteiger partial charge in [0.15, 0.2) is 11.2 Å². The van der Waals surface area contributed by atoms with E-state index in [2.05, 4.69) is 11.6 Å². The fourth-order valence-electron chi connectivity index (χ4n) is 3.37. The molecule has 2 aromatic heterocycles. The highest BCUT2D eigenvalue weighted by molar-refractivity contribution is 5.77. The first-order chi connectivity index (χ1) is 12.6. The number of ether oxygens (including phenoxy) is 1. The van der Waals surface area contributed by atoms with Crippen LogP contribution in [-0.2, 0) is 20.1 Å². The highest BCUT2D eigenvalue weighted by Gasteiger charge is 2.28. The summed E-state index contributed by atoms with van der Waals surface area (Å²) in [4.78, 5) is 31.9. The topological polar surface area (TPSA) is 74.3 Å². The van der Waals surface area contributed by atoms with Gasteiger partial charge < -0.3 is 14.2 Å². The molecule has 0 atom stereocenters. The van der Waals surface area contributed by atoms with Gasteiger partial charge in [0, 0.05) is 32.4 Å². The summed E-state index contributed by atoms with van der Waals surface area (Å²) in [6.45, 7) is 5.12. The fourth-order valence-corrected chi connectivity index (χ4v) is 3.37. The number of nitrogens with zero attached hydrogens (tertiary/aromatic N) is 5. The Kier molecular flexibility index (Phi) is 3.68. The van der Waals surface area contributed by atoms with E-state index in [1.807, 2.05) is 33.7 Å². The Labute approximate surface area is 149 Å². The zero-order valence-corrected chi connectivity index (χ0v) is 14.7. The third-order valence-corrected chi connectivity index (χ3v) is 4.70. The number of hydrogen-bond donors (Lipinski definition) is 0. The first-order valence-corrected chi connectivity index (χ1v) is 8.29. The van der Waals surface area contributed by atoms with Crippen LogP contribution in [0.2, 0.25) is 0 Å². The summed E-state index contributed by atoms with van der Waals surface area (Å²) >= 11 is 0. The predicted molar refractivity (Wildman–Crippen MR) is 99.4 cm³/mol. The van der Waals surface area contributed by atoms with Gasteiger partial charge in [-0.1, -0.05) is 6.08 Å². The van der Waals surface area contributed by atoms with Crippen LogP contribution in [0.3, 0.4) is 0 Å². The minimum atomic E-state index is -0.393. The average Bonchev–Trinajstić information content (AvgIpc) is 3.23. The molecule has 1 aliphatic heterocycles. The summed E-state index contributed by atoms with van der Waals surface area (Å²) in [5, 5.41) is 0. The zero-order valence-electron chi connectivity index (χ0n) is 14.7. The number of methoxy groups -OCH3 is 1. The van der Waals surface area contributed by atoms with Crippen molar-refractivity contribution in [3.8, 4) is 5.75 Å². The van der Waals surface area contributed by atoms with Gasteiger partial charge in [-0.05, 0) is 24.3 Å². The van der Waals surface area contributed by atoms with E-state index >= 15 is 0 Å². The highest BCUT2D eigenvalue weighted by atomic mass is 16.5. The highest BCUT2D eigenvalue weighted by Crippen LogP contribution is 2.32. The van der Waals surface area contributed by atoms with Crippen molar-refractivity contribution in [2.24, 2.45) is 7.05 Å². The van der Waals surface area contributed by atoms with Gasteiger partial charge in [0.2, 0.25) is 5.95 Å². The first kappa shape index (κ1) is 16.2. The Hall–Kier alpha value is -3.29. The summed E-state index contributed by atoms with van der Waals surface area (Å²) in [6.07, 6.45) is 1.54. The quantitative estimate of drug-likeness (QED) is 0.660. The Morgan fingerprint density at radius 3 is 2.62 bits per heavy atom. The summed E-state index contributed by atoms with van der Waals surface area (Å²) in [5.41, 5.74) is 1.07. The zero-order chi connectivity index (χ0) is 18.4. The van der Waals surface area contributed by atoms with Crippen LogP contribution in [-0.4, -0.2) is 32.3 Å². The lowest BCUT2D eigenvalue weighted by Crippen LogP contribution is -2.39. The summed E-state index contributed by atoms with van der Waals surface area (Å²) in [7, 11) is 3.25. The van der Waals surface area contributed by atoms with E-state index in [1.54, 1.807) is 20.2 Å². The number of imidazole rings is 1. The number of fused-ring (bicyclic) bond motifs is 3. The van der Waals surface area contributed by atoms with Crippen molar-refractivity contribution in [1.29, 1.82) is 0 Å². The number of benzene rings is 1. The third-order valence-electron chi connectivity index (χ3n) is 4.70. The van der Waals surface area contributed by atoms with Crippen molar-refractivity contribution in [3.05, 3.63) is 57.8 Å². The molecule has 0 radical (unpaired) electrons. The number of aromatic nitrogens is 4. The Morgan fingerprint density at radius 1 is 1.23 bits per heavy atom. The minimum Gasteiger partial charge on any atom is -0.497 e. The molecule has 3 heterocycles. The van der Waals surface area contributed by atoms with Crippen LogP contribution in [0.25, 0.3) is 11.2 Å². The number of aryl methyl sites for hydroxylation is 1. The molecule has 0 bridgehead atoms. The summed E-state index contributed by atoms with van der Waals surface area (Å²) < 4.78 is 9.67. The number of rotatable bonds is 4. The normalized spacial score (nSPS) is 13.2. The van der Waals surface area contributed by atoms with Crippen LogP contribution in [0.5, 0.6) is 5.75 Å². The number of hydrogen-bond acceptors (Lipinski definition) is 5. The van der Waals surface area contributed by atoms with Crippen LogP contribution < -0.4 is 20.9 Å². The van der Waals surface area contributed by atoms with Crippen molar-refractivity contribution < 1.29 is 4.74 Å². The van der Waals surface area contributed by atoms with Crippen molar-refractivity contribution >= 4 is 22.8 Å². The monoisotopic (exact) mass is 353 g/mol. The average molecular weight is 353 g/mol. The molecule has 0 N–H and O–H groups in total. The maximum absolute atomic E-state index is 12.8. The molecule has 1 aliphatic rings. The molecule has 0 saturated carbocycles. The standard InChI is InChI=1S/C18H19N5O3/c1-4-9-23-16(24)14-15(20(2)18(23)25)19-17-21(10-11-22(14)17)12-5-7-13(26-3)8-6-12/h4-8H,1,9-11H2,2-3H3. The van der Waals surface area contributed by atoms with Gasteiger partial charge >= 0.3 is 5.69 Å². The van der Waals surface area contributed by atoms with Crippen molar-refractivity contribution in [2.45, 2.75) is 13.1 Å². The maximum Gasteiger partial charge on any atom is 0.332 e. The van der Waals surface area contributed by atoms with E-state index in [1.165, 1.54) is 9.13 Å². The largest absolute Gasteiger partial charge is 0.497 e. The molecule has 4 rings (SSSR count). The minimum absolute atomic E-state index is 0.171. The van der Waals surface area contributed by atoms with Gasteiger partial charge in [0.25, 0.3) is 5.56 Å². The fraction of sp³-hybridized carbons (Fsp3) is 0.278. The van der Waals surface area contributed by atoms with Crippen molar-refractivity contribution in [1.82, 2.24) is 18.7 Å². The Bertz CT molecular complexity index is 1120. The van der Waals surface area contributed by atoms with E-state index in [0.717, 1.165) is 11.4 Å². The second-order valence-electron chi connectivity index (χ2n) is 6.13. The van der Waals surface area contributed by atoms with Gasteiger partial charge in [-0.25, -0.2) is 4.79 Å². The Morgan fingerprint density at radius 2 is 1.96 bits per heavy atom. The third kappa shape index (κ3) is 2.18. The van der Waals surface area contributed by atoms with E-state index in [4.69, 9.17) is 4.74 Å². The number of allylic oxidation sites excluding steroid dienone is 1. The smallest absolute Gasteiger partial charge is 0.332 e. The van der Waals surface area contributed by atoms with Crippen LogP contribution in [0.1, 0.15) is 0 Å². The van der Waals surface area contributed by atoms with Gasteiger partial charge in [-0.15, -0.1) is 6.58 Å². The van der Waals surface area contributed by atoms with Crippen molar-refractivity contribution in [3.63, 3.8) is 0 Å². The molecule has 0 spiro atoms. The molecule has 0 unspecified atom stereocenters. The van der Waals surface area contributed by atoms with E-state index < -0.39 is 5.69 Å². The summed E-state index contributed by atoms with van der Waals surface area (Å²) in [5.74, 6) is 1.43. The van der Waals surface area contributed by atoms with Gasteiger partial charge in [-0.2, -0.15) is 4.98 Å². The molecular weight excluding hydrogens is 334 g/mol. The van der Waals surface area contributed by atoms with E-state index in [-0.39, 0.29) is 12.1 Å². The number of anilines is 2.